The third kappa shape index (κ3) is 25.0. The minimum atomic E-state index is -2.67. The summed E-state index contributed by atoms with van der Waals surface area (Å²) < 4.78 is 126. The fraction of sp³-hybridized carbons (Fsp3) is 0.934. The van der Waals surface area contributed by atoms with E-state index in [4.69, 9.17) is 99.5 Å². The zero-order valence-corrected chi connectivity index (χ0v) is 73.6. The lowest BCUT2D eigenvalue weighted by molar-refractivity contribution is -0.401. The van der Waals surface area contributed by atoms with Crippen molar-refractivity contribution in [2.24, 2.45) is 0 Å². The molecule has 0 radical (unpaired) electrons. The zero-order chi connectivity index (χ0) is 101. The molecule has 5 amide bonds. The van der Waals surface area contributed by atoms with Gasteiger partial charge in [-0.25, -0.2) is 0 Å². The number of hydrogen-bond acceptors (Lipinski definition) is 56. The largest absolute Gasteiger partial charge is 0.394 e. The molecule has 11 aliphatic rings. The maximum atomic E-state index is 13.4. The van der Waals surface area contributed by atoms with E-state index in [-0.39, 0.29) is 0 Å². The summed E-state index contributed by atoms with van der Waals surface area (Å²) in [6.07, 6.45) is -107. The first-order valence-corrected chi connectivity index (χ1v) is 43.7. The SMILES string of the molecule is CC(=O)N[C@@H]1[C@@H](O)[C@H](O[C@@H]2O[C@H](CO)[C@@H](O[C@@H]3O[C@H](CO[C@H]4O[C@H](CO)[C@@H](O)[C@H](O)[C@@H]4O[C@@H]4O[C@H](CO)[C@@H](O[C@@H]5O[C@H](CO)[C@H](O)[C@H](O)[C@H]5O)[C@H](O)[C@H]4NC(C)=O)[C@@H](O)[C@H](O[C@H]4O[C@H](CO)[C@@H](O)[C@H](O)[C@@H]4O[C@@H]4O[C@H](CO)[C@@H](O[C@@H]5O[C@H](CO)[C@H](O)[C@H](O)[C@H]5O[C@@H]5O[C@H](CO)[C@@H](O[C@@H]6O[C@H](CO)[C@H](O)[C@H](O)[C@H]6O)[C@H](O)[C@H]5NC(C)=O)[C@H](O)[C@H]4NC(C)=O)[C@@H]3O)[C@H](O)[C@H]2NC(C)=O)[C@@H](CO)O[C@H]1O. The Hall–Kier alpha value is -4.69. The minimum Gasteiger partial charge on any atom is -0.394 e. The van der Waals surface area contributed by atoms with Crippen LogP contribution in [0.2, 0.25) is 0 Å². The molecule has 0 aromatic carbocycles. The molecule has 0 aromatic heterocycles. The van der Waals surface area contributed by atoms with E-state index in [0.717, 1.165) is 34.6 Å². The van der Waals surface area contributed by atoms with Gasteiger partial charge in [0.1, 0.15) is 268 Å². The van der Waals surface area contributed by atoms with Gasteiger partial charge in [-0.2, -0.15) is 0 Å². The Morgan fingerprint density at radius 1 is 0.190 bits per heavy atom. The van der Waals surface area contributed by atoms with Crippen LogP contribution < -0.4 is 26.6 Å². The van der Waals surface area contributed by atoms with Crippen LogP contribution in [0, 0.1) is 0 Å². The van der Waals surface area contributed by atoms with Crippen molar-refractivity contribution in [2.75, 3.05) is 72.7 Å². The summed E-state index contributed by atoms with van der Waals surface area (Å²) in [4.78, 5) is 64.7. The second-order valence-corrected chi connectivity index (χ2v) is 34.5. The van der Waals surface area contributed by atoms with Crippen LogP contribution in [0.5, 0.6) is 0 Å². The molecule has 11 saturated heterocycles. The molecule has 61 nitrogen and oxygen atoms in total. The first kappa shape index (κ1) is 113. The van der Waals surface area contributed by atoms with Crippen molar-refractivity contribution in [3.8, 4) is 0 Å². The lowest BCUT2D eigenvalue weighted by atomic mass is 9.93. The topological polar surface area (TPSA) is 946 Å². The van der Waals surface area contributed by atoms with Crippen LogP contribution in [0.25, 0.3) is 0 Å². The van der Waals surface area contributed by atoms with Crippen LogP contribution in [0.3, 0.4) is 0 Å². The molecule has 11 rings (SSSR count). The van der Waals surface area contributed by atoms with Crippen molar-refractivity contribution >= 4 is 29.5 Å². The van der Waals surface area contributed by atoms with Crippen molar-refractivity contribution < 1.29 is 277 Å². The molecule has 11 aliphatic heterocycles. The van der Waals surface area contributed by atoms with Crippen LogP contribution >= 0.6 is 0 Å². The van der Waals surface area contributed by atoms with E-state index in [1.54, 1.807) is 0 Å². The van der Waals surface area contributed by atoms with Gasteiger partial charge in [0.15, 0.2) is 69.2 Å². The monoisotopic (exact) mass is 2010 g/mol. The lowest BCUT2D eigenvalue weighted by Crippen LogP contribution is -2.71. The maximum absolute atomic E-state index is 13.4. The molecule has 0 saturated carbocycles. The third-order valence-electron chi connectivity index (χ3n) is 25.0. The zero-order valence-electron chi connectivity index (χ0n) is 73.6. The van der Waals surface area contributed by atoms with E-state index in [2.05, 4.69) is 26.6 Å². The summed E-state index contributed by atoms with van der Waals surface area (Å²) in [5, 5.41) is 349. The Morgan fingerprint density at radius 2 is 0.394 bits per heavy atom. The van der Waals surface area contributed by atoms with Crippen LogP contribution in [0.4, 0.5) is 0 Å². The summed E-state index contributed by atoms with van der Waals surface area (Å²) in [5.74, 6) is -4.78. The molecule has 35 N–H and O–H groups in total. The molecule has 55 atom stereocenters. The summed E-state index contributed by atoms with van der Waals surface area (Å²) in [6, 6.07) is -9.70. The molecule has 137 heavy (non-hydrogen) atoms. The average Bonchev–Trinajstić information content (AvgIpc) is 0.761. The number of carbonyl (C=O) groups excluding carboxylic acids is 5. The molecule has 11 heterocycles. The van der Waals surface area contributed by atoms with E-state index in [1.165, 1.54) is 0 Å². The van der Waals surface area contributed by atoms with Gasteiger partial charge in [0, 0.05) is 34.6 Å². The van der Waals surface area contributed by atoms with Crippen molar-refractivity contribution in [1.29, 1.82) is 0 Å². The highest BCUT2D eigenvalue weighted by Gasteiger charge is 2.63. The molecule has 0 spiro atoms. The Labute approximate surface area is 775 Å². The molecule has 0 aliphatic carbocycles. The molecule has 792 valence electrons. The Morgan fingerprint density at radius 3 is 0.686 bits per heavy atom. The summed E-state index contributed by atoms with van der Waals surface area (Å²) >= 11 is 0. The highest BCUT2D eigenvalue weighted by atomic mass is 16.8. The Balaban J connectivity index is 0.907. The van der Waals surface area contributed by atoms with E-state index in [1.807, 2.05) is 0 Å². The molecule has 0 unspecified atom stereocenters. The van der Waals surface area contributed by atoms with Crippen LogP contribution in [0.1, 0.15) is 34.6 Å². The number of rotatable bonds is 36. The third-order valence-corrected chi connectivity index (χ3v) is 25.0. The fourth-order valence-corrected chi connectivity index (χ4v) is 17.8. The molecule has 0 bridgehead atoms. The number of ether oxygens (including phenoxy) is 21. The maximum Gasteiger partial charge on any atom is 0.217 e. The summed E-state index contributed by atoms with van der Waals surface area (Å²) in [7, 11) is 0. The van der Waals surface area contributed by atoms with Gasteiger partial charge < -0.3 is 279 Å². The Kier molecular flexibility index (Phi) is 40.7. The second kappa shape index (κ2) is 49.5. The Bertz CT molecular complexity index is 3780. The van der Waals surface area contributed by atoms with Gasteiger partial charge in [-0.05, 0) is 0 Å². The summed E-state index contributed by atoms with van der Waals surface area (Å²) in [5.41, 5.74) is 0. The standard InChI is InChI=1S/C76H127N5O56/c1-17(92)77-33-44(103)57(27(11-87)118-66(33)116)129-67-34(78-18(2)93)45(104)60(30(14-90)124-67)132-73-56(115)62(43(102)32(128-73)16-117-74-63(51(110)40(99)24(8-84)121-74)135-68-35(79-19(3)94)46(105)58(28(12-88)125-68)130-71-54(113)49(108)38(97)22(6-82)119-71)134-76-65(53(112)42(101)26(10-86)123-76)137-70-37(81-21(5)96)48(107)61(31(15-91)127-70)133-75-64(52(111)41(100)25(9-85)122-75)136-69-36(80-20(4)95)47(106)59(29(13-89)126-69)131-72-55(114)50(109)39(98)23(7-83)120-72/h22-76,82-91,97-116H,6-16H2,1-5H3,(H,77,92)(H,78,93)(H,79,94)(H,80,95)(H,81,96)/t22-,23-,24-,25-,26-,27-,28-,29-,30-,31-,32-,33-,34-,35-,36-,37-,38+,39+,40-,41+,42-,43-,44-,45-,46-,47-,48-,49+,50+,51+,52+,53+,54-,55-,56+,57-,58-,59-,60-,61-,62+,63+,64-,65+,66-,67+,68+,69+,70+,71+,72+,73+,74+,75+,76-/m1/s1. The lowest BCUT2D eigenvalue weighted by Gasteiger charge is -2.51. The molecule has 61 heteroatoms. The van der Waals surface area contributed by atoms with Gasteiger partial charge in [-0.15, -0.1) is 0 Å². The number of hydrogen-bond donors (Lipinski definition) is 35. The smallest absolute Gasteiger partial charge is 0.217 e. The van der Waals surface area contributed by atoms with Gasteiger partial charge in [0.2, 0.25) is 29.5 Å². The highest BCUT2D eigenvalue weighted by Crippen LogP contribution is 2.42. The minimum absolute atomic E-state index is 0.816. The van der Waals surface area contributed by atoms with Crippen molar-refractivity contribution in [2.45, 2.75) is 372 Å². The number of nitrogens with one attached hydrogen (secondary N) is 5. The predicted octanol–water partition coefficient (Wildman–Crippen LogP) is -24.3. The van der Waals surface area contributed by atoms with Crippen molar-refractivity contribution in [1.82, 2.24) is 26.6 Å². The highest BCUT2D eigenvalue weighted by molar-refractivity contribution is 5.75. The number of aliphatic hydroxyl groups excluding tert-OH is 30. The predicted molar refractivity (Wildman–Crippen MR) is 420 cm³/mol. The first-order valence-electron chi connectivity index (χ1n) is 43.7. The second-order valence-electron chi connectivity index (χ2n) is 34.5. The van der Waals surface area contributed by atoms with Crippen LogP contribution in [-0.2, 0) is 123 Å². The quantitative estimate of drug-likeness (QED) is 0.0277. The average molecular weight is 2010 g/mol. The number of aliphatic hydroxyl groups is 30. The van der Waals surface area contributed by atoms with Crippen LogP contribution in [0.15, 0.2) is 0 Å². The molecular formula is C76H127N5O56. The normalized spacial score (nSPS) is 48.9. The van der Waals surface area contributed by atoms with Crippen LogP contribution in [-0.4, -0.2) is 593 Å². The van der Waals surface area contributed by atoms with E-state index >= 15 is 0 Å². The molecular weight excluding hydrogens is 1880 g/mol. The van der Waals surface area contributed by atoms with E-state index in [0.29, 0.717) is 0 Å². The van der Waals surface area contributed by atoms with E-state index in [9.17, 15) is 177 Å². The van der Waals surface area contributed by atoms with Gasteiger partial charge in [-0.1, -0.05) is 0 Å². The summed E-state index contributed by atoms with van der Waals surface area (Å²) in [6.45, 7) is -8.00. The van der Waals surface area contributed by atoms with E-state index < -0.39 is 440 Å². The number of carbonyl (C=O) groups is 5. The molecule has 0 aromatic rings. The van der Waals surface area contributed by atoms with Crippen molar-refractivity contribution in [3.05, 3.63) is 0 Å². The van der Waals surface area contributed by atoms with Gasteiger partial charge in [0.05, 0.1) is 72.7 Å². The molecule has 11 fully saturated rings. The van der Waals surface area contributed by atoms with Gasteiger partial charge in [0.25, 0.3) is 0 Å². The van der Waals surface area contributed by atoms with Crippen molar-refractivity contribution in [3.63, 3.8) is 0 Å². The first-order chi connectivity index (χ1) is 64.9. The number of amides is 5. The van der Waals surface area contributed by atoms with Gasteiger partial charge in [-0.3, -0.25) is 24.0 Å². The fourth-order valence-electron chi connectivity index (χ4n) is 17.8. The van der Waals surface area contributed by atoms with Gasteiger partial charge >= 0.3 is 0 Å².